The van der Waals surface area contributed by atoms with E-state index >= 15 is 0 Å². The number of benzene rings is 1. The Morgan fingerprint density at radius 2 is 1.80 bits per heavy atom. The molecule has 0 aliphatic carbocycles. The van der Waals surface area contributed by atoms with Gasteiger partial charge in [-0.2, -0.15) is 0 Å². The van der Waals surface area contributed by atoms with Crippen LogP contribution >= 0.6 is 11.6 Å². The van der Waals surface area contributed by atoms with Gasteiger partial charge < -0.3 is 10.6 Å². The molecule has 3 nitrogen and oxygen atoms in total. The topological polar surface area (TPSA) is 32.5 Å². The van der Waals surface area contributed by atoms with Crippen LogP contribution in [0.3, 0.4) is 0 Å². The molecule has 1 aliphatic rings. The number of hydrogen-bond donors (Lipinski definition) is 1. The maximum atomic E-state index is 5.94. The maximum absolute atomic E-state index is 5.94. The Kier molecular flexibility index (Phi) is 6.14. The van der Waals surface area contributed by atoms with Gasteiger partial charge in [0.15, 0.2) is 0 Å². The third-order valence-electron chi connectivity index (χ3n) is 4.11. The highest BCUT2D eigenvalue weighted by Crippen LogP contribution is 2.20. The van der Waals surface area contributed by atoms with Crippen molar-refractivity contribution in [1.82, 2.24) is 4.90 Å². The van der Waals surface area contributed by atoms with Gasteiger partial charge in [0.25, 0.3) is 0 Å². The van der Waals surface area contributed by atoms with Crippen LogP contribution in [-0.4, -0.2) is 44.2 Å². The van der Waals surface area contributed by atoms with Crippen LogP contribution in [0.4, 0.5) is 5.69 Å². The lowest BCUT2D eigenvalue weighted by Crippen LogP contribution is -2.48. The molecule has 0 radical (unpaired) electrons. The summed E-state index contributed by atoms with van der Waals surface area (Å²) < 4.78 is 0. The standard InChI is InChI=1S/C16H26ClN3/c1-2-3-14(12-18)13-19-8-10-20(11-9-19)16-6-4-15(17)5-7-16/h4-7,14H,2-3,8-13,18H2,1H3. The fourth-order valence-corrected chi connectivity index (χ4v) is 3.02. The Morgan fingerprint density at radius 1 is 1.15 bits per heavy atom. The average molecular weight is 296 g/mol. The molecule has 1 aromatic carbocycles. The van der Waals surface area contributed by atoms with Gasteiger partial charge in [-0.15, -0.1) is 0 Å². The van der Waals surface area contributed by atoms with Gasteiger partial charge in [-0.3, -0.25) is 4.90 Å². The summed E-state index contributed by atoms with van der Waals surface area (Å²) in [5.74, 6) is 0.655. The minimum Gasteiger partial charge on any atom is -0.369 e. The average Bonchev–Trinajstić information content (AvgIpc) is 2.48. The molecule has 20 heavy (non-hydrogen) atoms. The highest BCUT2D eigenvalue weighted by molar-refractivity contribution is 6.30. The molecule has 1 aromatic rings. The largest absolute Gasteiger partial charge is 0.369 e. The van der Waals surface area contributed by atoms with Crippen molar-refractivity contribution in [2.24, 2.45) is 11.7 Å². The maximum Gasteiger partial charge on any atom is 0.0407 e. The molecule has 1 atom stereocenters. The number of halogens is 1. The second kappa shape index (κ2) is 7.87. The quantitative estimate of drug-likeness (QED) is 0.876. The second-order valence-corrected chi connectivity index (χ2v) is 6.09. The zero-order chi connectivity index (χ0) is 14.4. The molecular formula is C16H26ClN3. The van der Waals surface area contributed by atoms with E-state index in [9.17, 15) is 0 Å². The molecule has 0 bridgehead atoms. The normalized spacial score (nSPS) is 18.2. The number of nitrogens with zero attached hydrogens (tertiary/aromatic N) is 2. The van der Waals surface area contributed by atoms with Gasteiger partial charge in [-0.25, -0.2) is 0 Å². The van der Waals surface area contributed by atoms with E-state index in [1.165, 1.54) is 18.5 Å². The lowest BCUT2D eigenvalue weighted by Gasteiger charge is -2.37. The summed E-state index contributed by atoms with van der Waals surface area (Å²) >= 11 is 5.94. The van der Waals surface area contributed by atoms with Crippen LogP contribution in [0.15, 0.2) is 24.3 Å². The lowest BCUT2D eigenvalue weighted by atomic mass is 10.0. The molecule has 0 aromatic heterocycles. The molecule has 0 saturated carbocycles. The summed E-state index contributed by atoms with van der Waals surface area (Å²) in [6.07, 6.45) is 2.47. The van der Waals surface area contributed by atoms with Crippen molar-refractivity contribution in [1.29, 1.82) is 0 Å². The molecular weight excluding hydrogens is 270 g/mol. The Morgan fingerprint density at radius 3 is 2.35 bits per heavy atom. The third kappa shape index (κ3) is 4.37. The van der Waals surface area contributed by atoms with Gasteiger partial charge in [0.05, 0.1) is 0 Å². The Bertz CT molecular complexity index is 385. The van der Waals surface area contributed by atoms with E-state index in [4.69, 9.17) is 17.3 Å². The van der Waals surface area contributed by atoms with Crippen molar-refractivity contribution in [3.05, 3.63) is 29.3 Å². The SMILES string of the molecule is CCCC(CN)CN1CCN(c2ccc(Cl)cc2)CC1. The van der Waals surface area contributed by atoms with Crippen LogP contribution in [0.1, 0.15) is 19.8 Å². The first-order chi connectivity index (χ1) is 9.72. The Hall–Kier alpha value is -0.770. The summed E-state index contributed by atoms with van der Waals surface area (Å²) in [5, 5.41) is 0.803. The number of piperazine rings is 1. The Balaban J connectivity index is 1.81. The molecule has 1 fully saturated rings. The van der Waals surface area contributed by atoms with E-state index in [0.29, 0.717) is 5.92 Å². The summed E-state index contributed by atoms with van der Waals surface area (Å²) in [6, 6.07) is 8.15. The molecule has 2 rings (SSSR count). The van der Waals surface area contributed by atoms with Crippen molar-refractivity contribution in [2.45, 2.75) is 19.8 Å². The van der Waals surface area contributed by atoms with Gasteiger partial charge >= 0.3 is 0 Å². The van der Waals surface area contributed by atoms with E-state index in [1.807, 2.05) is 12.1 Å². The molecule has 0 spiro atoms. The highest BCUT2D eigenvalue weighted by atomic mass is 35.5. The van der Waals surface area contributed by atoms with Crippen LogP contribution in [0, 0.1) is 5.92 Å². The van der Waals surface area contributed by atoms with Crippen LogP contribution in [0.25, 0.3) is 0 Å². The number of hydrogen-bond acceptors (Lipinski definition) is 3. The van der Waals surface area contributed by atoms with Crippen molar-refractivity contribution < 1.29 is 0 Å². The summed E-state index contributed by atoms with van der Waals surface area (Å²) in [5.41, 5.74) is 7.13. The summed E-state index contributed by atoms with van der Waals surface area (Å²) in [7, 11) is 0. The molecule has 0 amide bonds. The molecule has 2 N–H and O–H groups in total. The molecule has 1 aliphatic heterocycles. The van der Waals surface area contributed by atoms with Crippen molar-refractivity contribution >= 4 is 17.3 Å². The third-order valence-corrected chi connectivity index (χ3v) is 4.36. The van der Waals surface area contributed by atoms with Gasteiger partial charge in [0.2, 0.25) is 0 Å². The summed E-state index contributed by atoms with van der Waals surface area (Å²) in [6.45, 7) is 8.63. The molecule has 1 heterocycles. The summed E-state index contributed by atoms with van der Waals surface area (Å²) in [4.78, 5) is 4.99. The van der Waals surface area contributed by atoms with Gasteiger partial charge in [-0.05, 0) is 43.1 Å². The van der Waals surface area contributed by atoms with Gasteiger partial charge in [0.1, 0.15) is 0 Å². The van der Waals surface area contributed by atoms with Crippen LogP contribution in [-0.2, 0) is 0 Å². The molecule has 1 saturated heterocycles. The van der Waals surface area contributed by atoms with E-state index in [1.54, 1.807) is 0 Å². The van der Waals surface area contributed by atoms with E-state index in [2.05, 4.69) is 28.9 Å². The predicted molar refractivity (Wildman–Crippen MR) is 87.6 cm³/mol. The minimum absolute atomic E-state index is 0.655. The fourth-order valence-electron chi connectivity index (χ4n) is 2.90. The first-order valence-corrected chi connectivity index (χ1v) is 8.03. The van der Waals surface area contributed by atoms with Gasteiger partial charge in [-0.1, -0.05) is 24.9 Å². The highest BCUT2D eigenvalue weighted by Gasteiger charge is 2.19. The minimum atomic E-state index is 0.655. The van der Waals surface area contributed by atoms with Crippen molar-refractivity contribution in [3.8, 4) is 0 Å². The van der Waals surface area contributed by atoms with Crippen LogP contribution < -0.4 is 10.6 Å². The molecule has 1 unspecified atom stereocenters. The number of anilines is 1. The van der Waals surface area contributed by atoms with Crippen molar-refractivity contribution in [2.75, 3.05) is 44.2 Å². The number of rotatable bonds is 6. The molecule has 112 valence electrons. The second-order valence-electron chi connectivity index (χ2n) is 5.65. The fraction of sp³-hybridized carbons (Fsp3) is 0.625. The zero-order valence-corrected chi connectivity index (χ0v) is 13.1. The first-order valence-electron chi connectivity index (χ1n) is 7.66. The number of nitrogens with two attached hydrogens (primary N) is 1. The van der Waals surface area contributed by atoms with Crippen LogP contribution in [0.2, 0.25) is 5.02 Å². The van der Waals surface area contributed by atoms with Crippen molar-refractivity contribution in [3.63, 3.8) is 0 Å². The van der Waals surface area contributed by atoms with Crippen LogP contribution in [0.5, 0.6) is 0 Å². The van der Waals surface area contributed by atoms with E-state index < -0.39 is 0 Å². The first kappa shape index (κ1) is 15.6. The lowest BCUT2D eigenvalue weighted by molar-refractivity contribution is 0.215. The van der Waals surface area contributed by atoms with Gasteiger partial charge in [0, 0.05) is 43.4 Å². The Labute approximate surface area is 127 Å². The molecule has 4 heteroatoms. The van der Waals surface area contributed by atoms with E-state index in [-0.39, 0.29) is 0 Å². The van der Waals surface area contributed by atoms with E-state index in [0.717, 1.165) is 44.3 Å². The predicted octanol–water partition coefficient (Wildman–Crippen LogP) is 2.84. The monoisotopic (exact) mass is 295 g/mol. The smallest absolute Gasteiger partial charge is 0.0407 e. The zero-order valence-electron chi connectivity index (χ0n) is 12.4.